The Morgan fingerprint density at radius 2 is 1.97 bits per heavy atom. The predicted molar refractivity (Wildman–Crippen MR) is 118 cm³/mol. The first-order valence-electron chi connectivity index (χ1n) is 9.88. The largest absolute Gasteiger partial charge is 0.422 e. The minimum atomic E-state index is -0.779. The minimum Gasteiger partial charge on any atom is -0.422 e. The summed E-state index contributed by atoms with van der Waals surface area (Å²) in [6.07, 6.45) is 5.08. The van der Waals surface area contributed by atoms with Crippen molar-refractivity contribution in [3.63, 3.8) is 0 Å². The number of hydrogen-bond acceptors (Lipinski definition) is 7. The van der Waals surface area contributed by atoms with Gasteiger partial charge in [-0.2, -0.15) is 0 Å². The van der Waals surface area contributed by atoms with E-state index in [0.29, 0.717) is 26.8 Å². The predicted octanol–water partition coefficient (Wildman–Crippen LogP) is 2.86. The SMILES string of the molecule is O=C(Cn1cc(CN2C(=O)C(=O)C3CC(Cl)=CC=C32)nn1)c1cc2ccc(Cl)cc2oc1=O. The molecule has 3 heterocycles. The smallest absolute Gasteiger partial charge is 0.347 e. The summed E-state index contributed by atoms with van der Waals surface area (Å²) in [6, 6.07) is 6.22. The van der Waals surface area contributed by atoms with Crippen LogP contribution in [0.2, 0.25) is 5.02 Å². The Kier molecular flexibility index (Phi) is 5.22. The lowest BCUT2D eigenvalue weighted by Crippen LogP contribution is -2.26. The number of allylic oxidation sites excluding steroid dienone is 4. The van der Waals surface area contributed by atoms with Crippen molar-refractivity contribution in [1.29, 1.82) is 0 Å². The third-order valence-electron chi connectivity index (χ3n) is 5.49. The number of rotatable bonds is 5. The maximum atomic E-state index is 12.7. The number of aromatic nitrogens is 3. The number of amides is 1. The van der Waals surface area contributed by atoms with Gasteiger partial charge in [0.2, 0.25) is 5.78 Å². The molecule has 0 saturated carbocycles. The molecule has 5 rings (SSSR count). The van der Waals surface area contributed by atoms with Crippen molar-refractivity contribution in [2.24, 2.45) is 5.92 Å². The number of fused-ring (bicyclic) bond motifs is 2. The van der Waals surface area contributed by atoms with Crippen molar-refractivity contribution in [3.8, 4) is 0 Å². The number of carbonyl (C=O) groups excluding carboxylic acids is 3. The van der Waals surface area contributed by atoms with Gasteiger partial charge in [-0.15, -0.1) is 5.10 Å². The second kappa shape index (κ2) is 8.09. The molecular weight excluding hydrogens is 471 g/mol. The second-order valence-corrected chi connectivity index (χ2v) is 8.60. The van der Waals surface area contributed by atoms with E-state index < -0.39 is 29.0 Å². The van der Waals surface area contributed by atoms with Crippen LogP contribution in [0.25, 0.3) is 11.0 Å². The number of ketones is 2. The van der Waals surface area contributed by atoms with Crippen LogP contribution in [0.5, 0.6) is 0 Å². The van der Waals surface area contributed by atoms with Crippen LogP contribution in [0.4, 0.5) is 0 Å². The molecule has 1 saturated heterocycles. The van der Waals surface area contributed by atoms with Gasteiger partial charge in [-0.05, 0) is 36.8 Å². The van der Waals surface area contributed by atoms with E-state index >= 15 is 0 Å². The third kappa shape index (κ3) is 3.90. The molecule has 1 fully saturated rings. The zero-order chi connectivity index (χ0) is 23.3. The second-order valence-electron chi connectivity index (χ2n) is 7.68. The van der Waals surface area contributed by atoms with E-state index in [1.165, 1.54) is 27.9 Å². The zero-order valence-corrected chi connectivity index (χ0v) is 18.3. The fourth-order valence-corrected chi connectivity index (χ4v) is 4.27. The highest BCUT2D eigenvalue weighted by molar-refractivity contribution is 6.41. The van der Waals surface area contributed by atoms with E-state index in [9.17, 15) is 19.2 Å². The van der Waals surface area contributed by atoms with Gasteiger partial charge in [0, 0.05) is 27.2 Å². The number of benzene rings is 1. The summed E-state index contributed by atoms with van der Waals surface area (Å²) >= 11 is 11.9. The molecule has 0 radical (unpaired) electrons. The van der Waals surface area contributed by atoms with Crippen LogP contribution >= 0.6 is 23.2 Å². The Bertz CT molecular complexity index is 1470. The van der Waals surface area contributed by atoms with Gasteiger partial charge in [-0.1, -0.05) is 28.4 Å². The lowest BCUT2D eigenvalue weighted by Gasteiger charge is -2.20. The average Bonchev–Trinajstić information content (AvgIpc) is 3.31. The molecule has 1 aliphatic carbocycles. The fourth-order valence-electron chi connectivity index (χ4n) is 3.89. The topological polar surface area (TPSA) is 115 Å². The van der Waals surface area contributed by atoms with E-state index in [1.54, 1.807) is 24.3 Å². The van der Waals surface area contributed by atoms with Crippen molar-refractivity contribution in [2.45, 2.75) is 19.5 Å². The quantitative estimate of drug-likeness (QED) is 0.310. The van der Waals surface area contributed by atoms with Crippen LogP contribution in [0, 0.1) is 5.92 Å². The summed E-state index contributed by atoms with van der Waals surface area (Å²) in [5, 5.41) is 9.38. The summed E-state index contributed by atoms with van der Waals surface area (Å²) in [6.45, 7) is -0.237. The van der Waals surface area contributed by atoms with Gasteiger partial charge in [0.15, 0.2) is 5.78 Å². The average molecular weight is 485 g/mol. The Hall–Kier alpha value is -3.56. The molecule has 2 aliphatic rings. The number of hydrogen-bond donors (Lipinski definition) is 0. The molecule has 1 unspecified atom stereocenters. The first-order chi connectivity index (χ1) is 15.8. The molecule has 166 valence electrons. The van der Waals surface area contributed by atoms with Crippen LogP contribution in [-0.4, -0.2) is 37.4 Å². The molecule has 33 heavy (non-hydrogen) atoms. The Labute approximate surface area is 195 Å². The molecule has 3 aromatic rings. The standard InChI is InChI=1S/C22H14Cl2N4O5/c23-12-3-4-17-15(6-12)20(30)21(31)28(17)9-14-8-27(26-25-14)10-18(29)16-5-11-1-2-13(24)7-19(11)33-22(16)32/h1-5,7-8,15H,6,9-10H2. The maximum absolute atomic E-state index is 12.7. The molecule has 9 nitrogen and oxygen atoms in total. The normalized spacial score (nSPS) is 17.9. The number of carbonyl (C=O) groups is 3. The van der Waals surface area contributed by atoms with Crippen LogP contribution in [0.1, 0.15) is 22.5 Å². The molecule has 0 N–H and O–H groups in total. The zero-order valence-electron chi connectivity index (χ0n) is 16.8. The van der Waals surface area contributed by atoms with Crippen LogP contribution in [0.15, 0.2) is 62.6 Å². The molecule has 0 bridgehead atoms. The number of likely N-dealkylation sites (tertiary alicyclic amines) is 1. The molecular formula is C22H14Cl2N4O5. The third-order valence-corrected chi connectivity index (χ3v) is 6.00. The van der Waals surface area contributed by atoms with Crippen LogP contribution in [0.3, 0.4) is 0 Å². The fraction of sp³-hybridized carbons (Fsp3) is 0.182. The highest BCUT2D eigenvalue weighted by atomic mass is 35.5. The lowest BCUT2D eigenvalue weighted by molar-refractivity contribution is -0.140. The molecule has 2 aromatic heterocycles. The Morgan fingerprint density at radius 3 is 2.79 bits per heavy atom. The first kappa shape index (κ1) is 21.3. The Morgan fingerprint density at radius 1 is 1.15 bits per heavy atom. The van der Waals surface area contributed by atoms with E-state index in [0.717, 1.165) is 0 Å². The molecule has 1 atom stereocenters. The summed E-state index contributed by atoms with van der Waals surface area (Å²) in [5.74, 6) is -2.25. The van der Waals surface area contributed by atoms with Gasteiger partial charge in [0.1, 0.15) is 23.4 Å². The summed E-state index contributed by atoms with van der Waals surface area (Å²) in [4.78, 5) is 51.0. The van der Waals surface area contributed by atoms with Gasteiger partial charge in [-0.25, -0.2) is 9.48 Å². The molecule has 11 heteroatoms. The monoisotopic (exact) mass is 484 g/mol. The maximum Gasteiger partial charge on any atom is 0.347 e. The molecule has 1 aliphatic heterocycles. The first-order valence-corrected chi connectivity index (χ1v) is 10.6. The van der Waals surface area contributed by atoms with Crippen LogP contribution in [-0.2, 0) is 22.7 Å². The highest BCUT2D eigenvalue weighted by Gasteiger charge is 2.44. The van der Waals surface area contributed by atoms with E-state index in [2.05, 4.69) is 10.3 Å². The van der Waals surface area contributed by atoms with Gasteiger partial charge >= 0.3 is 5.63 Å². The van der Waals surface area contributed by atoms with Crippen molar-refractivity contribution in [3.05, 3.63) is 80.0 Å². The van der Waals surface area contributed by atoms with Gasteiger partial charge in [0.25, 0.3) is 5.91 Å². The van der Waals surface area contributed by atoms with Gasteiger partial charge in [-0.3, -0.25) is 14.4 Å². The number of nitrogens with zero attached hydrogens (tertiary/aromatic N) is 4. The number of halogens is 2. The highest BCUT2D eigenvalue weighted by Crippen LogP contribution is 2.36. The van der Waals surface area contributed by atoms with Gasteiger partial charge in [0.05, 0.1) is 18.7 Å². The minimum absolute atomic E-state index is 0.0193. The van der Waals surface area contributed by atoms with Crippen molar-refractivity contribution < 1.29 is 18.8 Å². The van der Waals surface area contributed by atoms with E-state index in [1.807, 2.05) is 0 Å². The molecule has 1 amide bonds. The van der Waals surface area contributed by atoms with Crippen molar-refractivity contribution >= 4 is 51.6 Å². The van der Waals surface area contributed by atoms with E-state index in [-0.39, 0.29) is 30.7 Å². The summed E-state index contributed by atoms with van der Waals surface area (Å²) < 4.78 is 6.46. The number of Topliss-reactive ketones (excluding diaryl/α,β-unsaturated/α-hetero) is 2. The Balaban J connectivity index is 1.34. The summed E-state index contributed by atoms with van der Waals surface area (Å²) in [5.41, 5.74) is 0.322. The van der Waals surface area contributed by atoms with Crippen molar-refractivity contribution in [2.75, 3.05) is 0 Å². The summed E-state index contributed by atoms with van der Waals surface area (Å²) in [7, 11) is 0. The molecule has 1 aromatic carbocycles. The lowest BCUT2D eigenvalue weighted by atomic mass is 9.96. The molecule has 0 spiro atoms. The van der Waals surface area contributed by atoms with Crippen molar-refractivity contribution in [1.82, 2.24) is 19.9 Å². The van der Waals surface area contributed by atoms with Gasteiger partial charge < -0.3 is 9.32 Å². The van der Waals surface area contributed by atoms with E-state index in [4.69, 9.17) is 27.6 Å². The van der Waals surface area contributed by atoms with Crippen LogP contribution < -0.4 is 5.63 Å².